The van der Waals surface area contributed by atoms with Crippen molar-refractivity contribution in [3.63, 3.8) is 0 Å². The van der Waals surface area contributed by atoms with Gasteiger partial charge in [0.15, 0.2) is 5.16 Å². The lowest BCUT2D eigenvalue weighted by Crippen LogP contribution is -2.33. The fourth-order valence-corrected chi connectivity index (χ4v) is 3.20. The second-order valence-electron chi connectivity index (χ2n) is 5.92. The molecule has 0 unspecified atom stereocenters. The summed E-state index contributed by atoms with van der Waals surface area (Å²) in [5.74, 6) is -0.409. The molecule has 1 amide bonds. The molecule has 0 spiro atoms. The summed E-state index contributed by atoms with van der Waals surface area (Å²) in [6.07, 6.45) is 0. The fourth-order valence-electron chi connectivity index (χ4n) is 2.48. The number of rotatable bonds is 6. The Labute approximate surface area is 162 Å². The van der Waals surface area contributed by atoms with Crippen LogP contribution in [0.15, 0.2) is 62.0 Å². The van der Waals surface area contributed by atoms with E-state index in [1.54, 1.807) is 6.92 Å². The molecule has 0 bridgehead atoms. The van der Waals surface area contributed by atoms with Gasteiger partial charge in [0, 0.05) is 17.8 Å². The first-order valence-electron chi connectivity index (χ1n) is 8.29. The monoisotopic (exact) mass is 399 g/mol. The zero-order valence-corrected chi connectivity index (χ0v) is 15.7. The molecule has 3 aromatic rings. The van der Waals surface area contributed by atoms with E-state index >= 15 is 0 Å². The number of hydrogen-bond acceptors (Lipinski definition) is 6. The molecule has 2 aromatic heterocycles. The Bertz CT molecular complexity index is 1170. The van der Waals surface area contributed by atoms with E-state index in [9.17, 15) is 19.2 Å². The highest BCUT2D eigenvalue weighted by molar-refractivity contribution is 7.99. The Balaban J connectivity index is 1.77. The number of aromatic nitrogens is 4. The van der Waals surface area contributed by atoms with Crippen molar-refractivity contribution in [3.8, 4) is 0 Å². The number of carbonyl (C=O) groups excluding carboxylic acids is 1. The van der Waals surface area contributed by atoms with Gasteiger partial charge in [0.1, 0.15) is 5.82 Å². The maximum Gasteiger partial charge on any atom is 0.330 e. The predicted molar refractivity (Wildman–Crippen MR) is 106 cm³/mol. The normalized spacial score (nSPS) is 10.6. The van der Waals surface area contributed by atoms with Gasteiger partial charge in [-0.05, 0) is 12.5 Å². The van der Waals surface area contributed by atoms with Gasteiger partial charge in [-0.2, -0.15) is 0 Å². The lowest BCUT2D eigenvalue weighted by molar-refractivity contribution is -0.113. The topological polar surface area (TPSA) is 130 Å². The fraction of sp³-hybridized carbons (Fsp3) is 0.167. The Hall–Kier alpha value is -3.40. The summed E-state index contributed by atoms with van der Waals surface area (Å²) in [5.41, 5.74) is -0.159. The van der Waals surface area contributed by atoms with Gasteiger partial charge in [0.2, 0.25) is 5.91 Å². The largest absolute Gasteiger partial charge is 0.330 e. The first kappa shape index (κ1) is 19.4. The molecular weight excluding hydrogens is 382 g/mol. The Morgan fingerprint density at radius 1 is 1.11 bits per heavy atom. The van der Waals surface area contributed by atoms with E-state index in [0.29, 0.717) is 10.9 Å². The molecule has 0 aliphatic rings. The smallest absolute Gasteiger partial charge is 0.311 e. The first-order valence-corrected chi connectivity index (χ1v) is 9.28. The molecule has 0 saturated heterocycles. The quantitative estimate of drug-likeness (QED) is 0.413. The van der Waals surface area contributed by atoms with Crippen LogP contribution in [0, 0.1) is 6.92 Å². The number of H-pyrrole nitrogens is 2. The van der Waals surface area contributed by atoms with Crippen LogP contribution in [0.5, 0.6) is 0 Å². The van der Waals surface area contributed by atoms with Gasteiger partial charge in [-0.25, -0.2) is 9.78 Å². The van der Waals surface area contributed by atoms with E-state index in [-0.39, 0.29) is 23.7 Å². The Morgan fingerprint density at radius 2 is 1.82 bits per heavy atom. The minimum absolute atomic E-state index is 0.0568. The van der Waals surface area contributed by atoms with Crippen molar-refractivity contribution in [2.45, 2.75) is 18.6 Å². The molecule has 0 radical (unpaired) electrons. The molecule has 144 valence electrons. The van der Waals surface area contributed by atoms with Gasteiger partial charge in [0.05, 0.1) is 12.3 Å². The number of amides is 1. The first-order chi connectivity index (χ1) is 13.4. The molecule has 2 heterocycles. The predicted octanol–water partition coefficient (Wildman–Crippen LogP) is 0.707. The van der Waals surface area contributed by atoms with Crippen molar-refractivity contribution in [1.82, 2.24) is 19.5 Å². The van der Waals surface area contributed by atoms with Gasteiger partial charge in [-0.3, -0.25) is 23.9 Å². The van der Waals surface area contributed by atoms with Crippen molar-refractivity contribution in [1.29, 1.82) is 0 Å². The van der Waals surface area contributed by atoms with Gasteiger partial charge in [0.25, 0.3) is 11.1 Å². The highest BCUT2D eigenvalue weighted by Gasteiger charge is 2.11. The van der Waals surface area contributed by atoms with Crippen LogP contribution in [-0.2, 0) is 11.3 Å². The van der Waals surface area contributed by atoms with E-state index < -0.39 is 17.2 Å². The van der Waals surface area contributed by atoms with Crippen molar-refractivity contribution in [2.24, 2.45) is 0 Å². The molecular formula is C18H17N5O4S. The van der Waals surface area contributed by atoms with E-state index in [0.717, 1.165) is 23.4 Å². The van der Waals surface area contributed by atoms with Crippen molar-refractivity contribution in [2.75, 3.05) is 11.1 Å². The van der Waals surface area contributed by atoms with Crippen molar-refractivity contribution in [3.05, 3.63) is 84.9 Å². The summed E-state index contributed by atoms with van der Waals surface area (Å²) in [7, 11) is 0. The SMILES string of the molecule is Cc1cc(=O)[nH]c(SCC(=O)Nc2cc(=O)[nH]c(=O)n2Cc2ccccc2)n1. The van der Waals surface area contributed by atoms with Crippen LogP contribution in [0.3, 0.4) is 0 Å². The lowest BCUT2D eigenvalue weighted by Gasteiger charge is -2.13. The van der Waals surface area contributed by atoms with Gasteiger partial charge in [-0.15, -0.1) is 0 Å². The highest BCUT2D eigenvalue weighted by Crippen LogP contribution is 2.12. The second kappa shape index (κ2) is 8.53. The van der Waals surface area contributed by atoms with E-state index in [2.05, 4.69) is 20.3 Å². The molecule has 0 aliphatic carbocycles. The Morgan fingerprint density at radius 3 is 2.54 bits per heavy atom. The molecule has 9 nitrogen and oxygen atoms in total. The maximum absolute atomic E-state index is 12.3. The number of benzene rings is 1. The third-order valence-electron chi connectivity index (χ3n) is 3.67. The molecule has 3 N–H and O–H groups in total. The summed E-state index contributed by atoms with van der Waals surface area (Å²) in [6, 6.07) is 11.7. The van der Waals surface area contributed by atoms with Crippen LogP contribution in [-0.4, -0.2) is 31.2 Å². The average molecular weight is 399 g/mol. The molecule has 0 saturated carbocycles. The van der Waals surface area contributed by atoms with Crippen molar-refractivity contribution < 1.29 is 4.79 Å². The van der Waals surface area contributed by atoms with Crippen LogP contribution < -0.4 is 22.1 Å². The number of carbonyl (C=O) groups is 1. The summed E-state index contributed by atoms with van der Waals surface area (Å²) in [4.78, 5) is 56.5. The molecule has 1 aromatic carbocycles. The average Bonchev–Trinajstić information content (AvgIpc) is 2.63. The number of aryl methyl sites for hydroxylation is 1. The minimum Gasteiger partial charge on any atom is -0.311 e. The summed E-state index contributed by atoms with van der Waals surface area (Å²) in [6.45, 7) is 1.86. The van der Waals surface area contributed by atoms with Crippen molar-refractivity contribution >= 4 is 23.5 Å². The van der Waals surface area contributed by atoms with Crippen LogP contribution in [0.2, 0.25) is 0 Å². The standard InChI is InChI=1S/C18H17N5O4S/c1-11-7-14(24)21-17(19-11)28-10-16(26)20-13-8-15(25)22-18(27)23(13)9-12-5-3-2-4-6-12/h2-8H,9-10H2,1H3,(H,20,26)(H,19,21,24)(H,22,25,27). The molecule has 0 aliphatic heterocycles. The zero-order chi connectivity index (χ0) is 20.1. The maximum atomic E-state index is 12.3. The zero-order valence-electron chi connectivity index (χ0n) is 14.9. The number of nitrogens with one attached hydrogen (secondary N) is 3. The number of anilines is 1. The van der Waals surface area contributed by atoms with Crippen LogP contribution >= 0.6 is 11.8 Å². The number of thioether (sulfide) groups is 1. The highest BCUT2D eigenvalue weighted by atomic mass is 32.2. The van der Waals surface area contributed by atoms with Crippen LogP contribution in [0.4, 0.5) is 5.82 Å². The van der Waals surface area contributed by atoms with Gasteiger partial charge < -0.3 is 10.3 Å². The molecule has 0 fully saturated rings. The second-order valence-corrected chi connectivity index (χ2v) is 6.89. The number of nitrogens with zero attached hydrogens (tertiary/aromatic N) is 2. The molecule has 28 heavy (non-hydrogen) atoms. The Kier molecular flexibility index (Phi) is 5.90. The lowest BCUT2D eigenvalue weighted by atomic mass is 10.2. The summed E-state index contributed by atoms with van der Waals surface area (Å²) < 4.78 is 1.27. The number of aromatic amines is 2. The summed E-state index contributed by atoms with van der Waals surface area (Å²) >= 11 is 1.04. The molecule has 0 atom stereocenters. The molecule has 10 heteroatoms. The molecule has 3 rings (SSSR count). The van der Waals surface area contributed by atoms with Crippen LogP contribution in [0.25, 0.3) is 0 Å². The third-order valence-corrected chi connectivity index (χ3v) is 4.55. The van der Waals surface area contributed by atoms with E-state index in [4.69, 9.17) is 0 Å². The van der Waals surface area contributed by atoms with Gasteiger partial charge >= 0.3 is 5.69 Å². The third kappa shape index (κ3) is 5.07. The van der Waals surface area contributed by atoms with Gasteiger partial charge in [-0.1, -0.05) is 42.1 Å². The summed E-state index contributed by atoms with van der Waals surface area (Å²) in [5, 5.41) is 2.89. The van der Waals surface area contributed by atoms with E-state index in [1.807, 2.05) is 30.3 Å². The van der Waals surface area contributed by atoms with Crippen LogP contribution in [0.1, 0.15) is 11.3 Å². The number of hydrogen-bond donors (Lipinski definition) is 3. The minimum atomic E-state index is -0.621. The van der Waals surface area contributed by atoms with E-state index in [1.165, 1.54) is 10.6 Å².